The van der Waals surface area contributed by atoms with E-state index in [2.05, 4.69) is 40.5 Å². The highest BCUT2D eigenvalue weighted by molar-refractivity contribution is 5.97. The second-order valence-corrected chi connectivity index (χ2v) is 7.29. The molecule has 1 amide bonds. The number of benzene rings is 2. The molecule has 0 aromatic heterocycles. The summed E-state index contributed by atoms with van der Waals surface area (Å²) in [4.78, 5) is 14.9. The van der Waals surface area contributed by atoms with Gasteiger partial charge in [-0.1, -0.05) is 30.3 Å². The summed E-state index contributed by atoms with van der Waals surface area (Å²) in [6.45, 7) is 3.85. The summed E-state index contributed by atoms with van der Waals surface area (Å²) in [6, 6.07) is 15.7. The van der Waals surface area contributed by atoms with Crippen molar-refractivity contribution < 1.29 is 9.53 Å². The average Bonchev–Trinajstić information content (AvgIpc) is 2.70. The van der Waals surface area contributed by atoms with Crippen molar-refractivity contribution in [3.05, 3.63) is 54.1 Å². The van der Waals surface area contributed by atoms with Crippen LogP contribution < -0.4 is 15.8 Å². The number of carbonyl (C=O) groups excluding carboxylic acids is 1. The van der Waals surface area contributed by atoms with Gasteiger partial charge in [-0.3, -0.25) is 9.69 Å². The summed E-state index contributed by atoms with van der Waals surface area (Å²) >= 11 is 0. The Hall–Kier alpha value is -2.53. The maximum atomic E-state index is 12.7. The maximum absolute atomic E-state index is 12.7. The number of hydrogen-bond acceptors (Lipinski definition) is 4. The van der Waals surface area contributed by atoms with Crippen molar-refractivity contribution in [2.24, 2.45) is 5.92 Å². The molecule has 1 unspecified atom stereocenters. The SMILES string of the molecule is COc1ccc(N)c(NC(=O)C(C)N2CCC(Cc3ccccc3)CC2)c1. The number of nitrogens with one attached hydrogen (secondary N) is 1. The van der Waals surface area contributed by atoms with Crippen LogP contribution in [0.2, 0.25) is 0 Å². The minimum Gasteiger partial charge on any atom is -0.497 e. The minimum absolute atomic E-state index is 0.0311. The molecule has 27 heavy (non-hydrogen) atoms. The fraction of sp³-hybridized carbons (Fsp3) is 0.409. The molecule has 5 heteroatoms. The molecule has 0 bridgehead atoms. The molecule has 0 radical (unpaired) electrons. The number of piperidine rings is 1. The lowest BCUT2D eigenvalue weighted by atomic mass is 9.89. The van der Waals surface area contributed by atoms with Gasteiger partial charge in [0, 0.05) is 6.07 Å². The van der Waals surface area contributed by atoms with Crippen LogP contribution >= 0.6 is 0 Å². The van der Waals surface area contributed by atoms with Crippen LogP contribution in [-0.2, 0) is 11.2 Å². The zero-order chi connectivity index (χ0) is 19.2. The van der Waals surface area contributed by atoms with Gasteiger partial charge in [-0.05, 0) is 62.9 Å². The number of anilines is 2. The Morgan fingerprint density at radius 1 is 1.22 bits per heavy atom. The summed E-state index contributed by atoms with van der Waals surface area (Å²) in [5.74, 6) is 1.33. The molecule has 1 aliphatic rings. The average molecular weight is 367 g/mol. The standard InChI is InChI=1S/C22H29N3O2/c1-16(22(26)24-21-15-19(27-2)8-9-20(21)23)25-12-10-18(11-13-25)14-17-6-4-3-5-7-17/h3-9,15-16,18H,10-14,23H2,1-2H3,(H,24,26). The third-order valence-corrected chi connectivity index (χ3v) is 5.46. The van der Waals surface area contributed by atoms with E-state index >= 15 is 0 Å². The van der Waals surface area contributed by atoms with E-state index in [1.807, 2.05) is 6.92 Å². The molecule has 144 valence electrons. The topological polar surface area (TPSA) is 67.6 Å². The fourth-order valence-electron chi connectivity index (χ4n) is 3.67. The van der Waals surface area contributed by atoms with Crippen molar-refractivity contribution in [2.45, 2.75) is 32.2 Å². The molecule has 3 N–H and O–H groups in total. The van der Waals surface area contributed by atoms with Crippen molar-refractivity contribution in [1.29, 1.82) is 0 Å². The summed E-state index contributed by atoms with van der Waals surface area (Å²) in [6.07, 6.45) is 3.36. The van der Waals surface area contributed by atoms with Crippen LogP contribution in [0.15, 0.2) is 48.5 Å². The smallest absolute Gasteiger partial charge is 0.241 e. The number of rotatable bonds is 6. The van der Waals surface area contributed by atoms with Crippen molar-refractivity contribution in [3.8, 4) is 5.75 Å². The predicted octanol–water partition coefficient (Wildman–Crippen LogP) is 3.56. The van der Waals surface area contributed by atoms with Gasteiger partial charge in [0.25, 0.3) is 0 Å². The molecule has 0 aliphatic carbocycles. The van der Waals surface area contributed by atoms with Gasteiger partial charge in [0.2, 0.25) is 5.91 Å². The van der Waals surface area contributed by atoms with Gasteiger partial charge in [-0.2, -0.15) is 0 Å². The van der Waals surface area contributed by atoms with E-state index in [4.69, 9.17) is 10.5 Å². The summed E-state index contributed by atoms with van der Waals surface area (Å²) in [5.41, 5.74) is 8.52. The van der Waals surface area contributed by atoms with Crippen molar-refractivity contribution >= 4 is 17.3 Å². The van der Waals surface area contributed by atoms with Crippen molar-refractivity contribution in [3.63, 3.8) is 0 Å². The Bertz CT molecular complexity index is 755. The monoisotopic (exact) mass is 367 g/mol. The summed E-state index contributed by atoms with van der Waals surface area (Å²) in [5, 5.41) is 2.95. The second kappa shape index (κ2) is 8.91. The number of nitrogens with zero attached hydrogens (tertiary/aromatic N) is 1. The number of carbonyl (C=O) groups is 1. The highest BCUT2D eigenvalue weighted by Gasteiger charge is 2.27. The zero-order valence-electron chi connectivity index (χ0n) is 16.2. The van der Waals surface area contributed by atoms with Crippen molar-refractivity contribution in [2.75, 3.05) is 31.2 Å². The Kier molecular flexibility index (Phi) is 6.35. The number of nitrogen functional groups attached to an aromatic ring is 1. The quantitative estimate of drug-likeness (QED) is 0.766. The lowest BCUT2D eigenvalue weighted by molar-refractivity contribution is -0.121. The first-order valence-corrected chi connectivity index (χ1v) is 9.59. The number of ether oxygens (including phenoxy) is 1. The molecule has 2 aromatic rings. The predicted molar refractivity (Wildman–Crippen MR) is 110 cm³/mol. The Labute approximate surface area is 161 Å². The summed E-state index contributed by atoms with van der Waals surface area (Å²) < 4.78 is 5.21. The van der Waals surface area contributed by atoms with Gasteiger partial charge in [0.05, 0.1) is 24.5 Å². The van der Waals surface area contributed by atoms with E-state index in [0.29, 0.717) is 23.0 Å². The fourth-order valence-corrected chi connectivity index (χ4v) is 3.67. The van der Waals surface area contributed by atoms with Gasteiger partial charge in [0.1, 0.15) is 5.75 Å². The van der Waals surface area contributed by atoms with Gasteiger partial charge in [0.15, 0.2) is 0 Å². The van der Waals surface area contributed by atoms with Crippen LogP contribution in [0.5, 0.6) is 5.75 Å². The maximum Gasteiger partial charge on any atom is 0.241 e. The molecule has 3 rings (SSSR count). The molecule has 5 nitrogen and oxygen atoms in total. The van der Waals surface area contributed by atoms with E-state index in [-0.39, 0.29) is 11.9 Å². The lowest BCUT2D eigenvalue weighted by Gasteiger charge is -2.35. The molecular formula is C22H29N3O2. The van der Waals surface area contributed by atoms with Crippen LogP contribution in [0.1, 0.15) is 25.3 Å². The van der Waals surface area contributed by atoms with E-state index in [0.717, 1.165) is 32.4 Å². The highest BCUT2D eigenvalue weighted by atomic mass is 16.5. The van der Waals surface area contributed by atoms with Crippen LogP contribution in [0.4, 0.5) is 11.4 Å². The number of hydrogen-bond donors (Lipinski definition) is 2. The second-order valence-electron chi connectivity index (χ2n) is 7.29. The van der Waals surface area contributed by atoms with E-state index in [1.54, 1.807) is 25.3 Å². The summed E-state index contributed by atoms with van der Waals surface area (Å²) in [7, 11) is 1.60. The van der Waals surface area contributed by atoms with Gasteiger partial charge >= 0.3 is 0 Å². The largest absolute Gasteiger partial charge is 0.497 e. The molecule has 0 spiro atoms. The first-order chi connectivity index (χ1) is 13.1. The Balaban J connectivity index is 1.52. The molecule has 1 saturated heterocycles. The number of amides is 1. The molecule has 1 aliphatic heterocycles. The minimum atomic E-state index is -0.187. The van der Waals surface area contributed by atoms with Gasteiger partial charge in [-0.25, -0.2) is 0 Å². The Morgan fingerprint density at radius 3 is 2.59 bits per heavy atom. The van der Waals surface area contributed by atoms with Crippen LogP contribution in [0, 0.1) is 5.92 Å². The van der Waals surface area contributed by atoms with E-state index < -0.39 is 0 Å². The van der Waals surface area contributed by atoms with Crippen LogP contribution in [-0.4, -0.2) is 37.0 Å². The molecular weight excluding hydrogens is 338 g/mol. The van der Waals surface area contributed by atoms with E-state index in [9.17, 15) is 4.79 Å². The molecule has 1 fully saturated rings. The van der Waals surface area contributed by atoms with Crippen LogP contribution in [0.25, 0.3) is 0 Å². The normalized spacial score (nSPS) is 16.7. The molecule has 2 aromatic carbocycles. The van der Waals surface area contributed by atoms with Gasteiger partial charge in [-0.15, -0.1) is 0 Å². The van der Waals surface area contributed by atoms with Crippen molar-refractivity contribution in [1.82, 2.24) is 4.90 Å². The molecule has 0 saturated carbocycles. The third-order valence-electron chi connectivity index (χ3n) is 5.46. The number of methoxy groups -OCH3 is 1. The number of nitrogens with two attached hydrogens (primary N) is 1. The third kappa shape index (κ3) is 5.01. The number of likely N-dealkylation sites (tertiary alicyclic amines) is 1. The Morgan fingerprint density at radius 2 is 1.93 bits per heavy atom. The lowest BCUT2D eigenvalue weighted by Crippen LogP contribution is -2.46. The molecule has 1 heterocycles. The first kappa shape index (κ1) is 19.2. The molecule has 1 atom stereocenters. The van der Waals surface area contributed by atoms with E-state index in [1.165, 1.54) is 5.56 Å². The first-order valence-electron chi connectivity index (χ1n) is 9.59. The highest BCUT2D eigenvalue weighted by Crippen LogP contribution is 2.26. The van der Waals surface area contributed by atoms with Crippen LogP contribution in [0.3, 0.4) is 0 Å². The zero-order valence-corrected chi connectivity index (χ0v) is 16.2. The van der Waals surface area contributed by atoms with Gasteiger partial charge < -0.3 is 15.8 Å².